The number of amides is 1. The van der Waals surface area contributed by atoms with Gasteiger partial charge in [-0.1, -0.05) is 0 Å². The van der Waals surface area contributed by atoms with Gasteiger partial charge in [-0.25, -0.2) is 4.39 Å². The Hall–Kier alpha value is -0.940. The van der Waals surface area contributed by atoms with E-state index < -0.39 is 17.3 Å². The topological polar surface area (TPSA) is 55.1 Å². The first-order chi connectivity index (χ1) is 6.40. The van der Waals surface area contributed by atoms with E-state index in [0.717, 1.165) is 11.3 Å². The van der Waals surface area contributed by atoms with E-state index >= 15 is 0 Å². The molecule has 0 fully saturated rings. The van der Waals surface area contributed by atoms with E-state index in [4.69, 9.17) is 5.73 Å². The zero-order valence-corrected chi connectivity index (χ0v) is 8.95. The summed E-state index contributed by atoms with van der Waals surface area (Å²) in [4.78, 5) is 11.5. The van der Waals surface area contributed by atoms with Gasteiger partial charge in [0.15, 0.2) is 0 Å². The summed E-state index contributed by atoms with van der Waals surface area (Å²) in [5.74, 6) is -0.890. The Morgan fingerprint density at radius 1 is 1.71 bits per heavy atom. The van der Waals surface area contributed by atoms with Crippen molar-refractivity contribution < 1.29 is 9.18 Å². The molecule has 0 radical (unpaired) electrons. The molecule has 0 saturated carbocycles. The van der Waals surface area contributed by atoms with Crippen LogP contribution < -0.4 is 11.1 Å². The normalized spacial score (nSPS) is 11.4. The van der Waals surface area contributed by atoms with Gasteiger partial charge in [-0.05, 0) is 25.3 Å². The summed E-state index contributed by atoms with van der Waals surface area (Å²) in [6, 6.07) is 1.27. The van der Waals surface area contributed by atoms with Gasteiger partial charge in [0.25, 0.3) is 5.91 Å². The largest absolute Gasteiger partial charge is 0.349 e. The lowest BCUT2D eigenvalue weighted by Crippen LogP contribution is -2.45. The van der Waals surface area contributed by atoms with Gasteiger partial charge in [0.1, 0.15) is 10.7 Å². The molecule has 1 heterocycles. The summed E-state index contributed by atoms with van der Waals surface area (Å²) in [5, 5.41) is 4.11. The van der Waals surface area contributed by atoms with Crippen molar-refractivity contribution in [1.82, 2.24) is 5.32 Å². The summed E-state index contributed by atoms with van der Waals surface area (Å²) >= 11 is 1.08. The number of thiophene rings is 1. The van der Waals surface area contributed by atoms with Crippen molar-refractivity contribution in [2.45, 2.75) is 19.4 Å². The maximum Gasteiger partial charge on any atom is 0.264 e. The minimum absolute atomic E-state index is 0.106. The Bertz CT molecular complexity index is 330. The number of halogens is 1. The second-order valence-electron chi connectivity index (χ2n) is 3.77. The molecule has 0 bridgehead atoms. The van der Waals surface area contributed by atoms with Crippen LogP contribution in [0.3, 0.4) is 0 Å². The Labute approximate surface area is 86.1 Å². The van der Waals surface area contributed by atoms with Gasteiger partial charge < -0.3 is 11.1 Å². The number of hydrogen-bond donors (Lipinski definition) is 2. The van der Waals surface area contributed by atoms with Crippen LogP contribution in [0.4, 0.5) is 4.39 Å². The van der Waals surface area contributed by atoms with Gasteiger partial charge in [-0.3, -0.25) is 4.79 Å². The van der Waals surface area contributed by atoms with Crippen LogP contribution in [0.2, 0.25) is 0 Å². The molecule has 3 nitrogen and oxygen atoms in total. The van der Waals surface area contributed by atoms with E-state index in [0.29, 0.717) is 6.54 Å². The molecular formula is C9H13FN2OS. The van der Waals surface area contributed by atoms with Crippen LogP contribution in [-0.2, 0) is 0 Å². The molecule has 0 aliphatic carbocycles. The highest BCUT2D eigenvalue weighted by molar-refractivity contribution is 7.12. The van der Waals surface area contributed by atoms with Crippen molar-refractivity contribution in [3.05, 3.63) is 22.1 Å². The fourth-order valence-electron chi connectivity index (χ4n) is 0.844. The van der Waals surface area contributed by atoms with Gasteiger partial charge in [0, 0.05) is 12.1 Å². The molecule has 1 amide bonds. The average molecular weight is 216 g/mol. The molecule has 1 rings (SSSR count). The fourth-order valence-corrected chi connectivity index (χ4v) is 1.53. The molecule has 14 heavy (non-hydrogen) atoms. The molecule has 0 saturated heterocycles. The van der Waals surface area contributed by atoms with E-state index in [1.807, 2.05) is 0 Å². The maximum atomic E-state index is 12.9. The highest BCUT2D eigenvalue weighted by Gasteiger charge is 2.16. The molecular weight excluding hydrogens is 203 g/mol. The Morgan fingerprint density at radius 2 is 2.36 bits per heavy atom. The second kappa shape index (κ2) is 4.06. The number of carbonyl (C=O) groups excluding carboxylic acids is 1. The van der Waals surface area contributed by atoms with Crippen LogP contribution in [0, 0.1) is 5.82 Å². The first-order valence-electron chi connectivity index (χ1n) is 4.20. The lowest BCUT2D eigenvalue weighted by molar-refractivity contribution is 0.0946. The van der Waals surface area contributed by atoms with Crippen LogP contribution in [-0.4, -0.2) is 18.0 Å². The Morgan fingerprint density at radius 3 is 2.79 bits per heavy atom. The van der Waals surface area contributed by atoms with Gasteiger partial charge in [0.05, 0.1) is 0 Å². The predicted molar refractivity (Wildman–Crippen MR) is 54.9 cm³/mol. The van der Waals surface area contributed by atoms with Crippen LogP contribution in [0.1, 0.15) is 23.5 Å². The zero-order chi connectivity index (χ0) is 10.8. The van der Waals surface area contributed by atoms with Crippen LogP contribution in [0.25, 0.3) is 0 Å². The third kappa shape index (κ3) is 3.08. The molecule has 0 unspecified atom stereocenters. The highest BCUT2D eigenvalue weighted by Crippen LogP contribution is 2.14. The third-order valence-corrected chi connectivity index (χ3v) is 2.42. The molecule has 1 aromatic heterocycles. The van der Waals surface area contributed by atoms with Gasteiger partial charge in [-0.15, -0.1) is 11.3 Å². The van der Waals surface area contributed by atoms with Crippen molar-refractivity contribution in [2.75, 3.05) is 6.54 Å². The third-order valence-electron chi connectivity index (χ3n) is 1.53. The molecule has 1 aromatic rings. The van der Waals surface area contributed by atoms with Crippen molar-refractivity contribution >= 4 is 17.2 Å². The number of nitrogens with two attached hydrogens (primary N) is 1. The maximum absolute atomic E-state index is 12.9. The molecule has 3 N–H and O–H groups in total. The lowest BCUT2D eigenvalue weighted by atomic mass is 10.1. The summed E-state index contributed by atoms with van der Waals surface area (Å²) in [7, 11) is 0. The first kappa shape index (κ1) is 11.1. The average Bonchev–Trinajstić information content (AvgIpc) is 2.46. The van der Waals surface area contributed by atoms with Gasteiger partial charge in [-0.2, -0.15) is 0 Å². The van der Waals surface area contributed by atoms with E-state index in [1.54, 1.807) is 13.8 Å². The number of rotatable bonds is 3. The SMILES string of the molecule is CC(C)(N)CNC(=O)c1sccc1F. The lowest BCUT2D eigenvalue weighted by Gasteiger charge is -2.18. The van der Waals surface area contributed by atoms with Crippen LogP contribution in [0.5, 0.6) is 0 Å². The van der Waals surface area contributed by atoms with E-state index in [-0.39, 0.29) is 4.88 Å². The molecule has 0 aliphatic rings. The van der Waals surface area contributed by atoms with Gasteiger partial charge >= 0.3 is 0 Å². The minimum atomic E-state index is -0.484. The minimum Gasteiger partial charge on any atom is -0.349 e. The zero-order valence-electron chi connectivity index (χ0n) is 8.13. The first-order valence-corrected chi connectivity index (χ1v) is 5.08. The Balaban J connectivity index is 2.56. The Kier molecular flexibility index (Phi) is 3.23. The number of nitrogens with one attached hydrogen (secondary N) is 1. The van der Waals surface area contributed by atoms with Crippen molar-refractivity contribution in [3.63, 3.8) is 0 Å². The number of carbonyl (C=O) groups is 1. The summed E-state index contributed by atoms with van der Waals surface area (Å²) in [6.45, 7) is 3.90. The van der Waals surface area contributed by atoms with Crippen molar-refractivity contribution in [2.24, 2.45) is 5.73 Å². The van der Waals surface area contributed by atoms with E-state index in [9.17, 15) is 9.18 Å². The van der Waals surface area contributed by atoms with Crippen LogP contribution in [0.15, 0.2) is 11.4 Å². The molecule has 0 aromatic carbocycles. The summed E-state index contributed by atoms with van der Waals surface area (Å²) < 4.78 is 12.9. The number of hydrogen-bond acceptors (Lipinski definition) is 3. The molecule has 0 aliphatic heterocycles. The van der Waals surface area contributed by atoms with Crippen molar-refractivity contribution in [3.8, 4) is 0 Å². The molecule has 0 atom stereocenters. The predicted octanol–water partition coefficient (Wildman–Crippen LogP) is 1.35. The monoisotopic (exact) mass is 216 g/mol. The molecule has 78 valence electrons. The molecule has 5 heteroatoms. The standard InChI is InChI=1S/C9H13FN2OS/c1-9(2,11)5-12-8(13)7-6(10)3-4-14-7/h3-4H,5,11H2,1-2H3,(H,12,13). The quantitative estimate of drug-likeness (QED) is 0.801. The van der Waals surface area contributed by atoms with Gasteiger partial charge in [0.2, 0.25) is 0 Å². The smallest absolute Gasteiger partial charge is 0.264 e. The van der Waals surface area contributed by atoms with Crippen molar-refractivity contribution in [1.29, 1.82) is 0 Å². The summed E-state index contributed by atoms with van der Waals surface area (Å²) in [5.41, 5.74) is 5.19. The fraction of sp³-hybridized carbons (Fsp3) is 0.444. The highest BCUT2D eigenvalue weighted by atomic mass is 32.1. The molecule has 0 spiro atoms. The van der Waals surface area contributed by atoms with E-state index in [1.165, 1.54) is 11.4 Å². The van der Waals surface area contributed by atoms with E-state index in [2.05, 4.69) is 5.32 Å². The summed E-state index contributed by atoms with van der Waals surface area (Å²) in [6.07, 6.45) is 0. The van der Waals surface area contributed by atoms with Crippen LogP contribution >= 0.6 is 11.3 Å². The second-order valence-corrected chi connectivity index (χ2v) is 4.69.